The predicted molar refractivity (Wildman–Crippen MR) is 90.1 cm³/mol. The molecular weight excluding hydrogens is 290 g/mol. The van der Waals surface area contributed by atoms with E-state index in [1.54, 1.807) is 12.5 Å². The van der Waals surface area contributed by atoms with Crippen LogP contribution in [0.4, 0.5) is 5.69 Å². The molecule has 0 saturated carbocycles. The quantitative estimate of drug-likeness (QED) is 0.883. The van der Waals surface area contributed by atoms with Gasteiger partial charge < -0.3 is 20.5 Å². The van der Waals surface area contributed by atoms with Gasteiger partial charge >= 0.3 is 0 Å². The summed E-state index contributed by atoms with van der Waals surface area (Å²) in [6.07, 6.45) is 4.78. The number of hydrogen-bond donors (Lipinski definition) is 2. The molecule has 1 amide bonds. The summed E-state index contributed by atoms with van der Waals surface area (Å²) in [6, 6.07) is 9.82. The molecule has 1 aliphatic rings. The van der Waals surface area contributed by atoms with Crippen LogP contribution in [0.3, 0.4) is 0 Å². The van der Waals surface area contributed by atoms with E-state index in [9.17, 15) is 4.79 Å². The van der Waals surface area contributed by atoms with Crippen molar-refractivity contribution in [1.29, 1.82) is 0 Å². The lowest BCUT2D eigenvalue weighted by atomic mass is 10.1. The van der Waals surface area contributed by atoms with Crippen molar-refractivity contribution in [2.75, 3.05) is 31.1 Å². The summed E-state index contributed by atoms with van der Waals surface area (Å²) < 4.78 is 0. The van der Waals surface area contributed by atoms with Gasteiger partial charge in [-0.15, -0.1) is 0 Å². The van der Waals surface area contributed by atoms with E-state index < -0.39 is 6.04 Å². The van der Waals surface area contributed by atoms with Crippen LogP contribution in [0, 0.1) is 0 Å². The molecule has 122 valence electrons. The van der Waals surface area contributed by atoms with Gasteiger partial charge in [0, 0.05) is 50.2 Å². The smallest absolute Gasteiger partial charge is 0.239 e. The lowest BCUT2D eigenvalue weighted by molar-refractivity contribution is -0.132. The number of carbonyl (C=O) groups is 1. The van der Waals surface area contributed by atoms with Gasteiger partial charge in [0.2, 0.25) is 5.91 Å². The first-order valence-corrected chi connectivity index (χ1v) is 8.05. The molecule has 6 nitrogen and oxygen atoms in total. The van der Waals surface area contributed by atoms with Crippen molar-refractivity contribution in [1.82, 2.24) is 14.9 Å². The van der Waals surface area contributed by atoms with Crippen LogP contribution in [-0.4, -0.2) is 53.0 Å². The highest BCUT2D eigenvalue weighted by Crippen LogP contribution is 2.16. The Hall–Kier alpha value is -2.34. The highest BCUT2D eigenvalue weighted by atomic mass is 16.2. The number of rotatable bonds is 4. The fourth-order valence-electron chi connectivity index (χ4n) is 2.99. The molecule has 1 aliphatic heterocycles. The number of aromatic amines is 1. The standard InChI is InChI=1S/C17H23N5O/c18-16(11-14-12-19-13-20-14)17(23)22-8-4-7-21(9-10-22)15-5-2-1-3-6-15/h1-3,5-6,12-13,16H,4,7-11,18H2,(H,19,20)/t16-/m0/s1. The average Bonchev–Trinajstić information content (AvgIpc) is 2.96. The number of benzene rings is 1. The van der Waals surface area contributed by atoms with Gasteiger partial charge in [-0.1, -0.05) is 18.2 Å². The Morgan fingerprint density at radius 2 is 2.04 bits per heavy atom. The van der Waals surface area contributed by atoms with Gasteiger partial charge in [-0.3, -0.25) is 4.79 Å². The van der Waals surface area contributed by atoms with Crippen molar-refractivity contribution in [3.63, 3.8) is 0 Å². The van der Waals surface area contributed by atoms with Crippen molar-refractivity contribution < 1.29 is 4.79 Å². The summed E-state index contributed by atoms with van der Waals surface area (Å²) in [5.41, 5.74) is 8.19. The van der Waals surface area contributed by atoms with E-state index in [1.807, 2.05) is 23.1 Å². The Morgan fingerprint density at radius 3 is 2.78 bits per heavy atom. The zero-order chi connectivity index (χ0) is 16.1. The van der Waals surface area contributed by atoms with Gasteiger partial charge in [0.05, 0.1) is 12.4 Å². The second-order valence-corrected chi connectivity index (χ2v) is 5.89. The van der Waals surface area contributed by atoms with E-state index in [0.29, 0.717) is 13.0 Å². The Labute approximate surface area is 136 Å². The van der Waals surface area contributed by atoms with Crippen molar-refractivity contribution in [2.24, 2.45) is 5.73 Å². The maximum atomic E-state index is 12.6. The number of aromatic nitrogens is 2. The van der Waals surface area contributed by atoms with E-state index in [2.05, 4.69) is 27.0 Å². The summed E-state index contributed by atoms with van der Waals surface area (Å²) in [6.45, 7) is 3.28. The van der Waals surface area contributed by atoms with Crippen LogP contribution >= 0.6 is 0 Å². The van der Waals surface area contributed by atoms with Crippen LogP contribution in [-0.2, 0) is 11.2 Å². The molecule has 1 aromatic heterocycles. The first-order chi connectivity index (χ1) is 11.2. The van der Waals surface area contributed by atoms with Crippen molar-refractivity contribution in [2.45, 2.75) is 18.9 Å². The Morgan fingerprint density at radius 1 is 1.22 bits per heavy atom. The molecule has 3 N–H and O–H groups in total. The molecule has 0 radical (unpaired) electrons. The van der Waals surface area contributed by atoms with Crippen molar-refractivity contribution in [3.05, 3.63) is 48.5 Å². The molecule has 23 heavy (non-hydrogen) atoms. The normalized spacial score (nSPS) is 16.9. The Balaban J connectivity index is 1.58. The van der Waals surface area contributed by atoms with Gasteiger partial charge in [0.1, 0.15) is 0 Å². The number of amides is 1. The minimum Gasteiger partial charge on any atom is -0.370 e. The lowest BCUT2D eigenvalue weighted by Gasteiger charge is -2.25. The topological polar surface area (TPSA) is 78.2 Å². The van der Waals surface area contributed by atoms with Crippen LogP contribution in [0.25, 0.3) is 0 Å². The fraction of sp³-hybridized carbons (Fsp3) is 0.412. The Bertz CT molecular complexity index is 613. The molecule has 0 unspecified atom stereocenters. The van der Waals surface area contributed by atoms with Crippen LogP contribution in [0.15, 0.2) is 42.9 Å². The molecule has 0 bridgehead atoms. The Kier molecular flexibility index (Phi) is 4.92. The number of carbonyl (C=O) groups excluding carboxylic acids is 1. The minimum atomic E-state index is -0.515. The van der Waals surface area contributed by atoms with Gasteiger partial charge in [-0.25, -0.2) is 4.98 Å². The molecule has 0 aliphatic carbocycles. The molecule has 0 spiro atoms. The molecule has 1 fully saturated rings. The third kappa shape index (κ3) is 3.90. The number of nitrogens with zero attached hydrogens (tertiary/aromatic N) is 3. The number of anilines is 1. The molecule has 6 heteroatoms. The van der Waals surface area contributed by atoms with Gasteiger partial charge in [0.25, 0.3) is 0 Å². The lowest BCUT2D eigenvalue weighted by Crippen LogP contribution is -2.46. The first kappa shape index (κ1) is 15.6. The number of para-hydroxylation sites is 1. The number of nitrogens with one attached hydrogen (secondary N) is 1. The van der Waals surface area contributed by atoms with Crippen LogP contribution in [0.5, 0.6) is 0 Å². The highest BCUT2D eigenvalue weighted by Gasteiger charge is 2.24. The van der Waals surface area contributed by atoms with Crippen molar-refractivity contribution >= 4 is 11.6 Å². The first-order valence-electron chi connectivity index (χ1n) is 8.05. The third-order valence-corrected chi connectivity index (χ3v) is 4.24. The summed E-state index contributed by atoms with van der Waals surface area (Å²) in [5.74, 6) is 0.0227. The summed E-state index contributed by atoms with van der Waals surface area (Å²) >= 11 is 0. The third-order valence-electron chi connectivity index (χ3n) is 4.24. The van der Waals surface area contributed by atoms with E-state index in [1.165, 1.54) is 5.69 Å². The van der Waals surface area contributed by atoms with E-state index in [0.717, 1.165) is 31.7 Å². The molecule has 1 saturated heterocycles. The minimum absolute atomic E-state index is 0.0227. The number of imidazole rings is 1. The van der Waals surface area contributed by atoms with Crippen LogP contribution in [0.1, 0.15) is 12.1 Å². The van der Waals surface area contributed by atoms with E-state index in [4.69, 9.17) is 5.73 Å². The molecule has 1 atom stereocenters. The average molecular weight is 313 g/mol. The maximum Gasteiger partial charge on any atom is 0.239 e. The van der Waals surface area contributed by atoms with E-state index >= 15 is 0 Å². The molecule has 2 aromatic rings. The molecular formula is C17H23N5O. The van der Waals surface area contributed by atoms with Crippen LogP contribution < -0.4 is 10.6 Å². The fourth-order valence-corrected chi connectivity index (χ4v) is 2.99. The predicted octanol–water partition coefficient (Wildman–Crippen LogP) is 1.02. The second kappa shape index (κ2) is 7.28. The molecule has 1 aromatic carbocycles. The van der Waals surface area contributed by atoms with Gasteiger partial charge in [0.15, 0.2) is 0 Å². The second-order valence-electron chi connectivity index (χ2n) is 5.89. The zero-order valence-electron chi connectivity index (χ0n) is 13.2. The molecule has 3 rings (SSSR count). The highest BCUT2D eigenvalue weighted by molar-refractivity contribution is 5.82. The van der Waals surface area contributed by atoms with Gasteiger partial charge in [-0.2, -0.15) is 0 Å². The largest absolute Gasteiger partial charge is 0.370 e. The monoisotopic (exact) mass is 313 g/mol. The number of H-pyrrole nitrogens is 1. The maximum absolute atomic E-state index is 12.6. The summed E-state index contributed by atoms with van der Waals surface area (Å²) in [4.78, 5) is 23.7. The zero-order valence-corrected chi connectivity index (χ0v) is 13.2. The summed E-state index contributed by atoms with van der Waals surface area (Å²) in [7, 11) is 0. The van der Waals surface area contributed by atoms with Crippen LogP contribution in [0.2, 0.25) is 0 Å². The number of nitrogens with two attached hydrogens (primary N) is 1. The van der Waals surface area contributed by atoms with Gasteiger partial charge in [-0.05, 0) is 18.6 Å². The molecule has 2 heterocycles. The summed E-state index contributed by atoms with van der Waals surface area (Å²) in [5, 5.41) is 0. The SMILES string of the molecule is N[C@@H](Cc1cnc[nH]1)C(=O)N1CCCN(c2ccccc2)CC1. The number of hydrogen-bond acceptors (Lipinski definition) is 4. The van der Waals surface area contributed by atoms with E-state index in [-0.39, 0.29) is 5.91 Å². The van der Waals surface area contributed by atoms with Crippen molar-refractivity contribution in [3.8, 4) is 0 Å².